The van der Waals surface area contributed by atoms with Crippen molar-refractivity contribution < 1.29 is 14.3 Å². The summed E-state index contributed by atoms with van der Waals surface area (Å²) in [7, 11) is 1.58. The highest BCUT2D eigenvalue weighted by Gasteiger charge is 2.35. The molecule has 2 amide bonds. The van der Waals surface area contributed by atoms with E-state index in [1.54, 1.807) is 19.2 Å². The van der Waals surface area contributed by atoms with E-state index in [2.05, 4.69) is 22.3 Å². The molecule has 1 unspecified atom stereocenters. The molecule has 2 aliphatic heterocycles. The van der Waals surface area contributed by atoms with Gasteiger partial charge in [0.15, 0.2) is 6.10 Å². The number of fused-ring (bicyclic) bond motifs is 1. The van der Waals surface area contributed by atoms with E-state index in [4.69, 9.17) is 16.3 Å². The molecule has 1 saturated heterocycles. The van der Waals surface area contributed by atoms with Crippen molar-refractivity contribution in [1.29, 1.82) is 0 Å². The molecule has 1 atom stereocenters. The van der Waals surface area contributed by atoms with Gasteiger partial charge in [-0.1, -0.05) is 23.7 Å². The smallest absolute Gasteiger partial charge is 0.264 e. The van der Waals surface area contributed by atoms with E-state index in [1.165, 1.54) is 0 Å². The first-order valence-corrected chi connectivity index (χ1v) is 11.3. The zero-order valence-electron chi connectivity index (χ0n) is 18.8. The van der Waals surface area contributed by atoms with Crippen LogP contribution in [0, 0.1) is 0 Å². The minimum atomic E-state index is -0.568. The third-order valence-corrected chi connectivity index (χ3v) is 6.24. The minimum absolute atomic E-state index is 0.000165. The van der Waals surface area contributed by atoms with Gasteiger partial charge in [0.05, 0.1) is 5.69 Å². The summed E-state index contributed by atoms with van der Waals surface area (Å²) in [5, 5.41) is 6.45. The molecule has 33 heavy (non-hydrogen) atoms. The Hall–Kier alpha value is -3.16. The maximum absolute atomic E-state index is 13.1. The van der Waals surface area contributed by atoms with E-state index < -0.39 is 6.10 Å². The molecule has 0 saturated carbocycles. The van der Waals surface area contributed by atoms with E-state index in [9.17, 15) is 9.59 Å². The van der Waals surface area contributed by atoms with Gasteiger partial charge in [-0.2, -0.15) is 0 Å². The first kappa shape index (κ1) is 23.0. The summed E-state index contributed by atoms with van der Waals surface area (Å²) in [6.45, 7) is 8.52. The number of benzene rings is 2. The van der Waals surface area contributed by atoms with Crippen molar-refractivity contribution in [3.8, 4) is 5.75 Å². The van der Waals surface area contributed by atoms with Gasteiger partial charge in [0.2, 0.25) is 0 Å². The van der Waals surface area contributed by atoms with Crippen molar-refractivity contribution in [2.75, 3.05) is 33.2 Å². The number of nitrogens with one attached hydrogen (secondary N) is 2. The lowest BCUT2D eigenvalue weighted by molar-refractivity contribution is -0.138. The average molecular weight is 467 g/mol. The van der Waals surface area contributed by atoms with Crippen molar-refractivity contribution in [2.24, 2.45) is 4.99 Å². The number of nitrogens with zero attached hydrogens (tertiary/aromatic N) is 2. The first-order chi connectivity index (χ1) is 16.0. The highest BCUT2D eigenvalue weighted by Crippen LogP contribution is 2.43. The number of ether oxygens (including phenoxy) is 1. The predicted molar refractivity (Wildman–Crippen MR) is 131 cm³/mol. The van der Waals surface area contributed by atoms with Crippen molar-refractivity contribution in [1.82, 2.24) is 15.5 Å². The van der Waals surface area contributed by atoms with Gasteiger partial charge in [0.1, 0.15) is 5.75 Å². The normalized spacial score (nSPS) is 17.8. The van der Waals surface area contributed by atoms with Gasteiger partial charge in [0.25, 0.3) is 11.8 Å². The number of amides is 2. The van der Waals surface area contributed by atoms with Crippen LogP contribution in [0.5, 0.6) is 5.75 Å². The molecule has 4 rings (SSSR count). The quantitative estimate of drug-likeness (QED) is 0.663. The van der Waals surface area contributed by atoms with Crippen LogP contribution in [-0.2, 0) is 11.2 Å². The summed E-state index contributed by atoms with van der Waals surface area (Å²) in [6.07, 6.45) is 1.86. The number of hydrogen-bond acceptors (Lipinski definition) is 5. The molecule has 2 aromatic carbocycles. The van der Waals surface area contributed by atoms with E-state index in [0.29, 0.717) is 41.5 Å². The third-order valence-electron chi connectivity index (χ3n) is 6.03. The van der Waals surface area contributed by atoms with Crippen LogP contribution < -0.4 is 15.4 Å². The number of hydrogen-bond donors (Lipinski definition) is 2. The second-order valence-corrected chi connectivity index (χ2v) is 8.44. The molecule has 0 spiro atoms. The fraction of sp³-hybridized carbons (Fsp3) is 0.320. The number of rotatable bonds is 5. The van der Waals surface area contributed by atoms with Crippen molar-refractivity contribution in [3.05, 3.63) is 63.7 Å². The molecule has 2 N–H and O–H groups in total. The van der Waals surface area contributed by atoms with Crippen molar-refractivity contribution >= 4 is 41.4 Å². The molecule has 0 aromatic heterocycles. The highest BCUT2D eigenvalue weighted by molar-refractivity contribution is 6.31. The Morgan fingerprint density at radius 2 is 2.00 bits per heavy atom. The monoisotopic (exact) mass is 466 g/mol. The molecule has 7 nitrogen and oxygen atoms in total. The van der Waals surface area contributed by atoms with Crippen molar-refractivity contribution in [3.63, 3.8) is 0 Å². The summed E-state index contributed by atoms with van der Waals surface area (Å²) >= 11 is 6.48. The van der Waals surface area contributed by atoms with Crippen LogP contribution >= 0.6 is 11.6 Å². The summed E-state index contributed by atoms with van der Waals surface area (Å²) < 4.78 is 6.24. The Labute approximate surface area is 198 Å². The number of allylic oxidation sites excluding steroid dienone is 1. The maximum atomic E-state index is 13.1. The Kier molecular flexibility index (Phi) is 6.81. The van der Waals surface area contributed by atoms with E-state index >= 15 is 0 Å². The van der Waals surface area contributed by atoms with Crippen LogP contribution in [-0.4, -0.2) is 62.8 Å². The van der Waals surface area contributed by atoms with E-state index in [-0.39, 0.29) is 11.8 Å². The Morgan fingerprint density at radius 1 is 1.24 bits per heavy atom. The zero-order valence-corrected chi connectivity index (χ0v) is 19.5. The van der Waals surface area contributed by atoms with Gasteiger partial charge < -0.3 is 20.3 Å². The molecule has 0 aliphatic carbocycles. The molecule has 0 radical (unpaired) electrons. The van der Waals surface area contributed by atoms with Crippen LogP contribution in [0.2, 0.25) is 5.02 Å². The summed E-state index contributed by atoms with van der Waals surface area (Å²) in [5.41, 5.74) is 4.39. The maximum Gasteiger partial charge on any atom is 0.264 e. The van der Waals surface area contributed by atoms with Gasteiger partial charge in [0, 0.05) is 66.9 Å². The van der Waals surface area contributed by atoms with Gasteiger partial charge in [-0.05, 0) is 43.5 Å². The molecular formula is C25H27ClN4O3. The summed E-state index contributed by atoms with van der Waals surface area (Å²) in [6, 6.07) is 8.99. The third kappa shape index (κ3) is 4.51. The predicted octanol–water partition coefficient (Wildman–Crippen LogP) is 3.22. The second-order valence-electron chi connectivity index (χ2n) is 8.00. The first-order valence-electron chi connectivity index (χ1n) is 10.9. The SMILES string of the molecule is C=Nc1cc(C(=O)NC)ccc1/C(=C\C)c1cc(Cl)cc2c1OC(C(=O)N1CCNCC1)C2. The Bertz CT molecular complexity index is 1140. The highest BCUT2D eigenvalue weighted by atomic mass is 35.5. The summed E-state index contributed by atoms with van der Waals surface area (Å²) in [5.74, 6) is 0.460. The number of carbonyl (C=O) groups excluding carboxylic acids is 2. The lowest BCUT2D eigenvalue weighted by Gasteiger charge is -2.29. The standard InChI is InChI=1S/C25H27ClN4O3/c1-4-18(19-6-5-15(24(31)28-3)12-21(19)27-2)20-14-17(26)11-16-13-22(33-23(16)20)25(32)30-9-7-29-8-10-30/h4-6,11-12,14,22,29H,2,7-10,13H2,1,3H3,(H,28,31)/b18-4+. The topological polar surface area (TPSA) is 83.0 Å². The number of halogens is 1. The molecule has 172 valence electrons. The van der Waals surface area contributed by atoms with E-state index in [0.717, 1.165) is 35.4 Å². The fourth-order valence-corrected chi connectivity index (χ4v) is 4.62. The van der Waals surface area contributed by atoms with Gasteiger partial charge >= 0.3 is 0 Å². The van der Waals surface area contributed by atoms with Crippen LogP contribution in [0.4, 0.5) is 5.69 Å². The minimum Gasteiger partial charge on any atom is -0.479 e. The Morgan fingerprint density at radius 3 is 2.67 bits per heavy atom. The van der Waals surface area contributed by atoms with Crippen molar-refractivity contribution in [2.45, 2.75) is 19.4 Å². The molecule has 2 heterocycles. The molecule has 8 heteroatoms. The van der Waals surface area contributed by atoms with Crippen LogP contribution in [0.15, 0.2) is 41.4 Å². The van der Waals surface area contributed by atoms with Crippen LogP contribution in [0.3, 0.4) is 0 Å². The molecule has 2 aromatic rings. The van der Waals surface area contributed by atoms with Gasteiger partial charge in [-0.25, -0.2) is 0 Å². The number of carbonyl (C=O) groups is 2. The lowest BCUT2D eigenvalue weighted by atomic mass is 9.92. The fourth-order valence-electron chi connectivity index (χ4n) is 4.38. The Balaban J connectivity index is 1.70. The number of piperazine rings is 1. The molecule has 1 fully saturated rings. The average Bonchev–Trinajstić information content (AvgIpc) is 3.28. The van der Waals surface area contributed by atoms with Gasteiger partial charge in [-0.3, -0.25) is 14.6 Å². The largest absolute Gasteiger partial charge is 0.479 e. The molecule has 0 bridgehead atoms. The summed E-state index contributed by atoms with van der Waals surface area (Å²) in [4.78, 5) is 31.1. The number of aliphatic imine (C=N–C) groups is 1. The molecular weight excluding hydrogens is 440 g/mol. The lowest BCUT2D eigenvalue weighted by Crippen LogP contribution is -2.50. The van der Waals surface area contributed by atoms with Crippen LogP contribution in [0.1, 0.15) is 34.0 Å². The molecule has 2 aliphatic rings. The second kappa shape index (κ2) is 9.77. The zero-order chi connectivity index (χ0) is 23.5. The van der Waals surface area contributed by atoms with Gasteiger partial charge in [-0.15, -0.1) is 0 Å². The van der Waals surface area contributed by atoms with E-state index in [1.807, 2.05) is 36.1 Å². The van der Waals surface area contributed by atoms with Crippen LogP contribution in [0.25, 0.3) is 5.57 Å².